The number of benzene rings is 1. The van der Waals surface area contributed by atoms with E-state index in [-0.39, 0.29) is 0 Å². The molecule has 0 aliphatic heterocycles. The summed E-state index contributed by atoms with van der Waals surface area (Å²) in [4.78, 5) is 10.8. The van der Waals surface area contributed by atoms with E-state index in [0.29, 0.717) is 27.3 Å². The number of hydrogen-bond acceptors (Lipinski definition) is 6. The van der Waals surface area contributed by atoms with Gasteiger partial charge in [-0.2, -0.15) is 0 Å². The van der Waals surface area contributed by atoms with E-state index < -0.39 is 0 Å². The molecule has 19 heavy (non-hydrogen) atoms. The zero-order valence-electron chi connectivity index (χ0n) is 9.39. The smallest absolute Gasteiger partial charge is 0.239 e. The van der Waals surface area contributed by atoms with Gasteiger partial charge in [0.15, 0.2) is 11.9 Å². The molecule has 8 heteroatoms. The Morgan fingerprint density at radius 1 is 1.26 bits per heavy atom. The lowest BCUT2D eigenvalue weighted by molar-refractivity contribution is 0.112. The average molecular weight is 320 g/mol. The molecule has 0 atom stereocenters. The molecule has 94 valence electrons. The molecule has 0 N–H and O–H groups in total. The van der Waals surface area contributed by atoms with E-state index in [1.165, 1.54) is 4.63 Å². The molecule has 0 radical (unpaired) electrons. The Hall–Kier alpha value is -2.35. The standard InChI is InChI=1S/C11H6BrN5O2/c12-9-2-1-8(5-7(9)6-18)19-11-4-3-10-13-15-16-17(10)14-11/h1-6H. The summed E-state index contributed by atoms with van der Waals surface area (Å²) in [6.07, 6.45) is 0.745. The van der Waals surface area contributed by atoms with Crippen LogP contribution in [0.4, 0.5) is 0 Å². The van der Waals surface area contributed by atoms with Crippen molar-refractivity contribution in [2.24, 2.45) is 0 Å². The van der Waals surface area contributed by atoms with Crippen LogP contribution in [0.15, 0.2) is 34.8 Å². The van der Waals surface area contributed by atoms with E-state index in [1.807, 2.05) is 0 Å². The van der Waals surface area contributed by atoms with Crippen LogP contribution in [0.3, 0.4) is 0 Å². The van der Waals surface area contributed by atoms with Gasteiger partial charge in [0.05, 0.1) is 0 Å². The summed E-state index contributed by atoms with van der Waals surface area (Å²) < 4.78 is 7.51. The molecule has 3 rings (SSSR count). The molecule has 2 aromatic heterocycles. The SMILES string of the molecule is O=Cc1cc(Oc2ccc3nnnn3n2)ccc1Br. The van der Waals surface area contributed by atoms with Gasteiger partial charge in [0.25, 0.3) is 0 Å². The van der Waals surface area contributed by atoms with Crippen molar-refractivity contribution in [3.05, 3.63) is 40.4 Å². The van der Waals surface area contributed by atoms with Crippen molar-refractivity contribution in [3.63, 3.8) is 0 Å². The number of nitrogens with zero attached hydrogens (tertiary/aromatic N) is 5. The largest absolute Gasteiger partial charge is 0.437 e. The van der Waals surface area contributed by atoms with Gasteiger partial charge in [-0.1, -0.05) is 15.9 Å². The van der Waals surface area contributed by atoms with Crippen LogP contribution in [-0.2, 0) is 0 Å². The van der Waals surface area contributed by atoms with Crippen LogP contribution < -0.4 is 4.74 Å². The fraction of sp³-hybridized carbons (Fsp3) is 0. The van der Waals surface area contributed by atoms with Gasteiger partial charge in [-0.25, -0.2) is 0 Å². The zero-order chi connectivity index (χ0) is 13.2. The Bertz CT molecular complexity index is 758. The monoisotopic (exact) mass is 319 g/mol. The molecule has 1 aromatic carbocycles. The maximum absolute atomic E-state index is 10.8. The minimum atomic E-state index is 0.332. The highest BCUT2D eigenvalue weighted by atomic mass is 79.9. The fourth-order valence-electron chi connectivity index (χ4n) is 1.48. The maximum Gasteiger partial charge on any atom is 0.239 e. The number of carbonyl (C=O) groups excluding carboxylic acids is 1. The number of hydrogen-bond donors (Lipinski definition) is 0. The van der Waals surface area contributed by atoms with Gasteiger partial charge in [-0.15, -0.1) is 14.8 Å². The van der Waals surface area contributed by atoms with Gasteiger partial charge in [0, 0.05) is 16.1 Å². The molecule has 7 nitrogen and oxygen atoms in total. The first-order valence-corrected chi connectivity index (χ1v) is 6.03. The highest BCUT2D eigenvalue weighted by Crippen LogP contribution is 2.24. The molecule has 0 aliphatic carbocycles. The molecular weight excluding hydrogens is 314 g/mol. The molecule has 0 saturated carbocycles. The van der Waals surface area contributed by atoms with Crippen molar-refractivity contribution in [3.8, 4) is 11.6 Å². The number of halogens is 1. The van der Waals surface area contributed by atoms with E-state index in [0.717, 1.165) is 6.29 Å². The summed E-state index contributed by atoms with van der Waals surface area (Å²) in [5.74, 6) is 0.837. The molecular formula is C11H6BrN5O2. The summed E-state index contributed by atoms with van der Waals surface area (Å²) in [5.41, 5.74) is 1.03. The molecule has 0 bridgehead atoms. The third-order valence-electron chi connectivity index (χ3n) is 2.36. The Kier molecular flexibility index (Phi) is 2.92. The van der Waals surface area contributed by atoms with Gasteiger partial charge < -0.3 is 4.74 Å². The number of carbonyl (C=O) groups is 1. The van der Waals surface area contributed by atoms with Crippen molar-refractivity contribution in [1.82, 2.24) is 25.3 Å². The van der Waals surface area contributed by atoms with Crippen LogP contribution in [0.5, 0.6) is 11.6 Å². The first-order valence-electron chi connectivity index (χ1n) is 5.24. The first kappa shape index (κ1) is 11.7. The number of aldehydes is 1. The second-order valence-electron chi connectivity index (χ2n) is 3.60. The normalized spacial score (nSPS) is 10.6. The predicted molar refractivity (Wildman–Crippen MR) is 68.2 cm³/mol. The van der Waals surface area contributed by atoms with Crippen LogP contribution in [0, 0.1) is 0 Å². The van der Waals surface area contributed by atoms with Crippen molar-refractivity contribution in [1.29, 1.82) is 0 Å². The minimum absolute atomic E-state index is 0.332. The molecule has 0 amide bonds. The van der Waals surface area contributed by atoms with E-state index in [2.05, 4.69) is 36.6 Å². The lowest BCUT2D eigenvalue weighted by Crippen LogP contribution is -1.97. The van der Waals surface area contributed by atoms with Crippen molar-refractivity contribution in [2.45, 2.75) is 0 Å². The highest BCUT2D eigenvalue weighted by Gasteiger charge is 2.05. The predicted octanol–water partition coefficient (Wildman–Crippen LogP) is 1.89. The van der Waals surface area contributed by atoms with Crippen LogP contribution in [0.2, 0.25) is 0 Å². The summed E-state index contributed by atoms with van der Waals surface area (Å²) in [6, 6.07) is 8.40. The van der Waals surface area contributed by atoms with Crippen molar-refractivity contribution >= 4 is 27.9 Å². The van der Waals surface area contributed by atoms with Gasteiger partial charge in [0.1, 0.15) is 5.75 Å². The number of rotatable bonds is 3. The Labute approximate surface area is 115 Å². The zero-order valence-corrected chi connectivity index (χ0v) is 11.0. The number of ether oxygens (including phenoxy) is 1. The lowest BCUT2D eigenvalue weighted by atomic mass is 10.2. The van der Waals surface area contributed by atoms with Crippen LogP contribution in [0.1, 0.15) is 10.4 Å². The van der Waals surface area contributed by atoms with E-state index in [1.54, 1.807) is 30.3 Å². The van der Waals surface area contributed by atoms with E-state index in [9.17, 15) is 4.79 Å². The van der Waals surface area contributed by atoms with Crippen LogP contribution in [-0.4, -0.2) is 31.5 Å². The van der Waals surface area contributed by atoms with Crippen molar-refractivity contribution < 1.29 is 9.53 Å². The van der Waals surface area contributed by atoms with Gasteiger partial charge in [-0.3, -0.25) is 4.79 Å². The second kappa shape index (κ2) is 4.73. The maximum atomic E-state index is 10.8. The molecule has 0 spiro atoms. The minimum Gasteiger partial charge on any atom is -0.437 e. The second-order valence-corrected chi connectivity index (χ2v) is 4.46. The lowest BCUT2D eigenvalue weighted by Gasteiger charge is -2.05. The number of aromatic nitrogens is 5. The van der Waals surface area contributed by atoms with Gasteiger partial charge in [-0.05, 0) is 34.7 Å². The Morgan fingerprint density at radius 2 is 2.16 bits per heavy atom. The average Bonchev–Trinajstić information content (AvgIpc) is 2.88. The highest BCUT2D eigenvalue weighted by molar-refractivity contribution is 9.10. The van der Waals surface area contributed by atoms with E-state index >= 15 is 0 Å². The Balaban J connectivity index is 1.93. The quantitative estimate of drug-likeness (QED) is 0.685. The number of fused-ring (bicyclic) bond motifs is 1. The molecule has 0 fully saturated rings. The Morgan fingerprint density at radius 3 is 3.00 bits per heavy atom. The van der Waals surface area contributed by atoms with Crippen LogP contribution >= 0.6 is 15.9 Å². The molecule has 0 aliphatic rings. The summed E-state index contributed by atoms with van der Waals surface area (Å²) in [7, 11) is 0. The topological polar surface area (TPSA) is 82.3 Å². The fourth-order valence-corrected chi connectivity index (χ4v) is 1.82. The van der Waals surface area contributed by atoms with Gasteiger partial charge in [0.2, 0.25) is 5.88 Å². The molecule has 0 unspecified atom stereocenters. The van der Waals surface area contributed by atoms with Gasteiger partial charge >= 0.3 is 0 Å². The third-order valence-corrected chi connectivity index (χ3v) is 3.08. The van der Waals surface area contributed by atoms with E-state index in [4.69, 9.17) is 4.74 Å². The summed E-state index contributed by atoms with van der Waals surface area (Å²) >= 11 is 3.27. The summed E-state index contributed by atoms with van der Waals surface area (Å²) in [5, 5.41) is 15.0. The molecule has 2 heterocycles. The van der Waals surface area contributed by atoms with Crippen LogP contribution in [0.25, 0.3) is 5.65 Å². The first-order chi connectivity index (χ1) is 9.26. The summed E-state index contributed by atoms with van der Waals surface area (Å²) in [6.45, 7) is 0. The number of tetrazole rings is 1. The molecule has 0 saturated heterocycles. The third kappa shape index (κ3) is 2.29. The molecule has 3 aromatic rings. The van der Waals surface area contributed by atoms with Crippen molar-refractivity contribution in [2.75, 3.05) is 0 Å².